The Morgan fingerprint density at radius 2 is 1.90 bits per heavy atom. The topological polar surface area (TPSA) is 65.5 Å². The quantitative estimate of drug-likeness (QED) is 0.669. The molecular weight excluding hydrogens is 384 g/mol. The molecule has 6 nitrogen and oxygen atoms in total. The Labute approximate surface area is 176 Å². The summed E-state index contributed by atoms with van der Waals surface area (Å²) in [4.78, 5) is 34.3. The van der Waals surface area contributed by atoms with Crippen molar-refractivity contribution >= 4 is 29.0 Å². The summed E-state index contributed by atoms with van der Waals surface area (Å²) in [5.41, 5.74) is 1.63. The number of aromatic nitrogens is 1. The smallest absolute Gasteiger partial charge is 0.264 e. The number of nitrogens with one attached hydrogen (secondary N) is 1. The van der Waals surface area contributed by atoms with E-state index in [1.54, 1.807) is 6.20 Å². The first-order valence-electron chi connectivity index (χ1n) is 10.4. The Morgan fingerprint density at radius 1 is 1.10 bits per heavy atom. The molecule has 0 radical (unpaired) electrons. The highest BCUT2D eigenvalue weighted by Gasteiger charge is 2.24. The number of carbonyl (C=O) groups excluding carboxylic acids is 2. The molecule has 1 aliphatic heterocycles. The predicted molar refractivity (Wildman–Crippen MR) is 118 cm³/mol. The zero-order valence-electron chi connectivity index (χ0n) is 17.3. The number of rotatable bonds is 8. The van der Waals surface area contributed by atoms with Gasteiger partial charge in [-0.3, -0.25) is 9.59 Å². The molecule has 0 spiro atoms. The maximum atomic E-state index is 12.6. The fourth-order valence-electron chi connectivity index (χ4n) is 3.44. The van der Waals surface area contributed by atoms with Gasteiger partial charge in [0.1, 0.15) is 5.82 Å². The van der Waals surface area contributed by atoms with E-state index in [4.69, 9.17) is 0 Å². The van der Waals surface area contributed by atoms with Crippen molar-refractivity contribution in [3.8, 4) is 0 Å². The molecule has 1 saturated heterocycles. The predicted octanol–water partition coefficient (Wildman–Crippen LogP) is 3.72. The number of amides is 2. The normalized spacial score (nSPS) is 14.1. The van der Waals surface area contributed by atoms with E-state index in [2.05, 4.69) is 22.1 Å². The number of thiophene rings is 1. The molecule has 2 aromatic rings. The molecule has 0 unspecified atom stereocenters. The third kappa shape index (κ3) is 5.56. The number of hydrogen-bond acceptors (Lipinski definition) is 5. The number of aryl methyl sites for hydroxylation is 1. The molecule has 0 atom stereocenters. The molecule has 3 rings (SSSR count). The highest BCUT2D eigenvalue weighted by molar-refractivity contribution is 7.12. The van der Waals surface area contributed by atoms with Crippen molar-refractivity contribution < 1.29 is 9.59 Å². The first kappa shape index (κ1) is 21.3. The fraction of sp³-hybridized carbons (Fsp3) is 0.500. The van der Waals surface area contributed by atoms with E-state index in [1.165, 1.54) is 24.2 Å². The van der Waals surface area contributed by atoms with E-state index in [-0.39, 0.29) is 11.8 Å². The summed E-state index contributed by atoms with van der Waals surface area (Å²) >= 11 is 1.51. The fourth-order valence-corrected chi connectivity index (χ4v) is 4.33. The molecule has 29 heavy (non-hydrogen) atoms. The Hall–Kier alpha value is -2.41. The van der Waals surface area contributed by atoms with Crippen LogP contribution in [0.1, 0.15) is 58.2 Å². The molecule has 1 N–H and O–H groups in total. The van der Waals surface area contributed by atoms with Crippen LogP contribution in [-0.4, -0.2) is 54.4 Å². The van der Waals surface area contributed by atoms with E-state index < -0.39 is 0 Å². The number of piperazine rings is 1. The van der Waals surface area contributed by atoms with Crippen LogP contribution < -0.4 is 10.2 Å². The Balaban J connectivity index is 1.48. The second kappa shape index (κ2) is 10.4. The second-order valence-corrected chi connectivity index (χ2v) is 8.35. The van der Waals surface area contributed by atoms with E-state index >= 15 is 0 Å². The van der Waals surface area contributed by atoms with Gasteiger partial charge in [0.25, 0.3) is 11.8 Å². The van der Waals surface area contributed by atoms with E-state index in [1.807, 2.05) is 35.4 Å². The van der Waals surface area contributed by atoms with Crippen LogP contribution in [0.25, 0.3) is 0 Å². The first-order valence-corrected chi connectivity index (χ1v) is 11.3. The van der Waals surface area contributed by atoms with Gasteiger partial charge in [0.15, 0.2) is 0 Å². The molecule has 2 amide bonds. The number of hydrogen-bond donors (Lipinski definition) is 1. The SMILES string of the molecule is CCCCCCNC(=O)c1ccc(N2CCN(C(=O)c3sccc3C)CC2)nc1. The third-order valence-corrected chi connectivity index (χ3v) is 6.28. The molecule has 3 heterocycles. The highest BCUT2D eigenvalue weighted by Crippen LogP contribution is 2.20. The van der Waals surface area contributed by atoms with Crippen LogP contribution in [-0.2, 0) is 0 Å². The van der Waals surface area contributed by atoms with Crippen LogP contribution in [0.2, 0.25) is 0 Å². The Bertz CT molecular complexity index is 810. The molecule has 1 aliphatic rings. The summed E-state index contributed by atoms with van der Waals surface area (Å²) in [7, 11) is 0. The molecule has 1 fully saturated rings. The van der Waals surface area contributed by atoms with Crippen LogP contribution in [0.4, 0.5) is 5.82 Å². The van der Waals surface area contributed by atoms with Crippen LogP contribution in [0.3, 0.4) is 0 Å². The van der Waals surface area contributed by atoms with E-state index in [0.29, 0.717) is 25.2 Å². The van der Waals surface area contributed by atoms with Crippen molar-refractivity contribution in [3.05, 3.63) is 45.8 Å². The van der Waals surface area contributed by atoms with Crippen molar-refractivity contribution in [2.24, 2.45) is 0 Å². The minimum atomic E-state index is -0.0673. The summed E-state index contributed by atoms with van der Waals surface area (Å²) in [6, 6.07) is 5.71. The van der Waals surface area contributed by atoms with Gasteiger partial charge < -0.3 is 15.1 Å². The summed E-state index contributed by atoms with van der Waals surface area (Å²) in [6.07, 6.45) is 6.20. The van der Waals surface area contributed by atoms with Crippen LogP contribution in [0.5, 0.6) is 0 Å². The lowest BCUT2D eigenvalue weighted by atomic mass is 10.2. The molecule has 0 bridgehead atoms. The van der Waals surface area contributed by atoms with Crippen LogP contribution in [0.15, 0.2) is 29.8 Å². The monoisotopic (exact) mass is 414 g/mol. The number of pyridine rings is 1. The van der Waals surface area contributed by atoms with Gasteiger partial charge in [0.05, 0.1) is 10.4 Å². The average Bonchev–Trinajstić information content (AvgIpc) is 3.19. The number of unbranched alkanes of at least 4 members (excludes halogenated alkanes) is 3. The largest absolute Gasteiger partial charge is 0.353 e. The molecular formula is C22H30N4O2S. The van der Waals surface area contributed by atoms with Gasteiger partial charge >= 0.3 is 0 Å². The molecule has 156 valence electrons. The van der Waals surface area contributed by atoms with Gasteiger partial charge in [0, 0.05) is 38.9 Å². The summed E-state index contributed by atoms with van der Waals surface area (Å²) < 4.78 is 0. The van der Waals surface area contributed by atoms with Gasteiger partial charge in [0.2, 0.25) is 0 Å². The van der Waals surface area contributed by atoms with Gasteiger partial charge in [-0.25, -0.2) is 4.98 Å². The maximum absolute atomic E-state index is 12.6. The lowest BCUT2D eigenvalue weighted by Crippen LogP contribution is -2.49. The molecule has 0 aliphatic carbocycles. The van der Waals surface area contributed by atoms with Crippen LogP contribution in [0, 0.1) is 6.92 Å². The zero-order valence-corrected chi connectivity index (χ0v) is 18.1. The Kier molecular flexibility index (Phi) is 7.63. The first-order chi connectivity index (χ1) is 14.1. The second-order valence-electron chi connectivity index (χ2n) is 7.43. The average molecular weight is 415 g/mol. The maximum Gasteiger partial charge on any atom is 0.264 e. The standard InChI is InChI=1S/C22H30N4O2S/c1-3-4-5-6-10-23-21(27)18-7-8-19(24-16-18)25-11-13-26(14-12-25)22(28)20-17(2)9-15-29-20/h7-9,15-16H,3-6,10-14H2,1-2H3,(H,23,27). The van der Waals surface area contributed by atoms with Gasteiger partial charge in [-0.15, -0.1) is 11.3 Å². The van der Waals surface area contributed by atoms with Crippen molar-refractivity contribution in [1.29, 1.82) is 0 Å². The lowest BCUT2D eigenvalue weighted by molar-refractivity contribution is 0.0750. The van der Waals surface area contributed by atoms with Gasteiger partial charge in [-0.05, 0) is 42.5 Å². The third-order valence-electron chi connectivity index (χ3n) is 5.27. The zero-order chi connectivity index (χ0) is 20.6. The van der Waals surface area contributed by atoms with Gasteiger partial charge in [-0.2, -0.15) is 0 Å². The van der Waals surface area contributed by atoms with E-state index in [9.17, 15) is 9.59 Å². The number of anilines is 1. The van der Waals surface area contributed by atoms with Gasteiger partial charge in [-0.1, -0.05) is 26.2 Å². The summed E-state index contributed by atoms with van der Waals surface area (Å²) in [5.74, 6) is 0.905. The molecule has 0 saturated carbocycles. The molecule has 0 aromatic carbocycles. The summed E-state index contributed by atoms with van der Waals surface area (Å²) in [5, 5.41) is 4.92. The highest BCUT2D eigenvalue weighted by atomic mass is 32.1. The van der Waals surface area contributed by atoms with Crippen molar-refractivity contribution in [3.63, 3.8) is 0 Å². The molecule has 7 heteroatoms. The van der Waals surface area contributed by atoms with E-state index in [0.717, 1.165) is 42.2 Å². The lowest BCUT2D eigenvalue weighted by Gasteiger charge is -2.35. The molecule has 2 aromatic heterocycles. The Morgan fingerprint density at radius 3 is 2.52 bits per heavy atom. The minimum absolute atomic E-state index is 0.0673. The van der Waals surface area contributed by atoms with Crippen LogP contribution >= 0.6 is 11.3 Å². The number of nitrogens with zero attached hydrogens (tertiary/aromatic N) is 3. The van der Waals surface area contributed by atoms with Crippen molar-refractivity contribution in [2.45, 2.75) is 39.5 Å². The summed E-state index contributed by atoms with van der Waals surface area (Å²) in [6.45, 7) is 7.70. The minimum Gasteiger partial charge on any atom is -0.353 e. The van der Waals surface area contributed by atoms with Crippen molar-refractivity contribution in [1.82, 2.24) is 15.2 Å². The number of carbonyl (C=O) groups is 2. The van der Waals surface area contributed by atoms with Crippen molar-refractivity contribution in [2.75, 3.05) is 37.6 Å².